The lowest BCUT2D eigenvalue weighted by Gasteiger charge is -2.19. The van der Waals surface area contributed by atoms with E-state index in [0.717, 1.165) is 23.0 Å². The van der Waals surface area contributed by atoms with Crippen molar-refractivity contribution in [3.63, 3.8) is 0 Å². The molecule has 3 heterocycles. The van der Waals surface area contributed by atoms with Crippen molar-refractivity contribution < 1.29 is 14.3 Å². The number of aromatic nitrogens is 2. The third-order valence-electron chi connectivity index (χ3n) is 5.21. The number of ether oxygens (including phenoxy) is 1. The Bertz CT molecular complexity index is 1060. The fraction of sp³-hybridized carbons (Fsp3) is 0.350. The van der Waals surface area contributed by atoms with Crippen LogP contribution in [0, 0.1) is 12.8 Å². The molecule has 1 saturated heterocycles. The third kappa shape index (κ3) is 2.99. The van der Waals surface area contributed by atoms with Crippen LogP contribution in [-0.4, -0.2) is 33.8 Å². The standard InChI is InChI=1S/C20H22N4O3/c1-3-12-8-17(25)23-15(12)10-27-16-6-4-5-13-7-14(19(21)26)20-22-11(2)9-24(20)18(13)16/h4-7,9,12,15H,3,8,10H2,1-2H3,(H2,21,26)(H,23,25). The molecule has 2 unspecified atom stereocenters. The molecular formula is C20H22N4O3. The molecule has 1 aromatic carbocycles. The number of carbonyl (C=O) groups excluding carboxylic acids is 2. The largest absolute Gasteiger partial charge is 0.489 e. The number of hydrogen-bond donors (Lipinski definition) is 2. The number of para-hydroxylation sites is 1. The van der Waals surface area contributed by atoms with Crippen LogP contribution in [0.2, 0.25) is 0 Å². The molecule has 3 N–H and O–H groups in total. The number of hydrogen-bond acceptors (Lipinski definition) is 4. The van der Waals surface area contributed by atoms with Gasteiger partial charge >= 0.3 is 0 Å². The van der Waals surface area contributed by atoms with Crippen molar-refractivity contribution in [3.05, 3.63) is 41.7 Å². The van der Waals surface area contributed by atoms with E-state index in [1.165, 1.54) is 0 Å². The molecule has 7 heteroatoms. The number of carbonyl (C=O) groups is 2. The van der Waals surface area contributed by atoms with Crippen LogP contribution in [0.5, 0.6) is 5.75 Å². The zero-order chi connectivity index (χ0) is 19.1. The smallest absolute Gasteiger partial charge is 0.252 e. The van der Waals surface area contributed by atoms with Crippen LogP contribution in [0.3, 0.4) is 0 Å². The van der Waals surface area contributed by atoms with Crippen molar-refractivity contribution in [3.8, 4) is 5.75 Å². The molecule has 0 aliphatic carbocycles. The van der Waals surface area contributed by atoms with Gasteiger partial charge in [0.1, 0.15) is 12.4 Å². The molecule has 1 aliphatic rings. The zero-order valence-corrected chi connectivity index (χ0v) is 15.4. The molecule has 27 heavy (non-hydrogen) atoms. The van der Waals surface area contributed by atoms with Gasteiger partial charge in [-0.1, -0.05) is 25.5 Å². The molecule has 0 spiro atoms. The Balaban J connectivity index is 1.77. The number of benzene rings is 1. The monoisotopic (exact) mass is 366 g/mol. The Morgan fingerprint density at radius 3 is 3.00 bits per heavy atom. The molecule has 7 nitrogen and oxygen atoms in total. The van der Waals surface area contributed by atoms with Gasteiger partial charge in [0.25, 0.3) is 5.91 Å². The lowest BCUT2D eigenvalue weighted by Crippen LogP contribution is -2.34. The van der Waals surface area contributed by atoms with Gasteiger partial charge in [0.05, 0.1) is 22.8 Å². The van der Waals surface area contributed by atoms with Crippen LogP contribution in [0.15, 0.2) is 30.5 Å². The summed E-state index contributed by atoms with van der Waals surface area (Å²) in [6, 6.07) is 7.43. The first-order chi connectivity index (χ1) is 13.0. The Kier molecular flexibility index (Phi) is 4.22. The molecule has 0 saturated carbocycles. The highest BCUT2D eigenvalue weighted by molar-refractivity contribution is 6.03. The van der Waals surface area contributed by atoms with Crippen molar-refractivity contribution in [2.24, 2.45) is 11.7 Å². The van der Waals surface area contributed by atoms with E-state index < -0.39 is 5.91 Å². The average Bonchev–Trinajstić information content (AvgIpc) is 3.20. The second kappa shape index (κ2) is 6.57. The zero-order valence-electron chi connectivity index (χ0n) is 15.4. The third-order valence-corrected chi connectivity index (χ3v) is 5.21. The number of aryl methyl sites for hydroxylation is 1. The van der Waals surface area contributed by atoms with Crippen LogP contribution in [0.4, 0.5) is 0 Å². The van der Waals surface area contributed by atoms with Gasteiger partial charge in [0.2, 0.25) is 5.91 Å². The van der Waals surface area contributed by atoms with Gasteiger partial charge in [0, 0.05) is 18.0 Å². The second-order valence-corrected chi connectivity index (χ2v) is 7.05. The minimum Gasteiger partial charge on any atom is -0.489 e. The quantitative estimate of drug-likeness (QED) is 0.723. The summed E-state index contributed by atoms with van der Waals surface area (Å²) in [6.07, 6.45) is 3.34. The normalized spacial score (nSPS) is 19.6. The highest BCUT2D eigenvalue weighted by Gasteiger charge is 2.31. The van der Waals surface area contributed by atoms with E-state index in [4.69, 9.17) is 10.5 Å². The maximum atomic E-state index is 11.8. The van der Waals surface area contributed by atoms with E-state index in [2.05, 4.69) is 17.2 Å². The van der Waals surface area contributed by atoms with Gasteiger partial charge in [-0.05, 0) is 25.0 Å². The Morgan fingerprint density at radius 2 is 2.26 bits per heavy atom. The summed E-state index contributed by atoms with van der Waals surface area (Å²) in [6.45, 7) is 4.35. The highest BCUT2D eigenvalue weighted by Crippen LogP contribution is 2.30. The SMILES string of the molecule is CCC1CC(=O)NC1COc1cccc2cc(C(N)=O)c3nc(C)cn3c12. The first-order valence-electron chi connectivity index (χ1n) is 9.11. The van der Waals surface area contributed by atoms with Crippen molar-refractivity contribution in [1.29, 1.82) is 0 Å². The molecule has 1 aliphatic heterocycles. The minimum atomic E-state index is -0.515. The summed E-state index contributed by atoms with van der Waals surface area (Å²) in [7, 11) is 0. The summed E-state index contributed by atoms with van der Waals surface area (Å²) >= 11 is 0. The fourth-order valence-electron chi connectivity index (χ4n) is 3.84. The molecule has 2 aromatic heterocycles. The van der Waals surface area contributed by atoms with Gasteiger partial charge in [-0.3, -0.25) is 14.0 Å². The molecule has 0 radical (unpaired) electrons. The van der Waals surface area contributed by atoms with Gasteiger partial charge in [-0.2, -0.15) is 0 Å². The van der Waals surface area contributed by atoms with E-state index in [0.29, 0.717) is 30.0 Å². The number of nitrogens with one attached hydrogen (secondary N) is 1. The number of imidazole rings is 1. The predicted octanol–water partition coefficient (Wildman–Crippen LogP) is 2.19. The molecule has 0 bridgehead atoms. The van der Waals surface area contributed by atoms with Crippen molar-refractivity contribution in [2.45, 2.75) is 32.7 Å². The number of fused-ring (bicyclic) bond motifs is 3. The number of rotatable bonds is 5. The van der Waals surface area contributed by atoms with Crippen molar-refractivity contribution >= 4 is 28.4 Å². The van der Waals surface area contributed by atoms with E-state index in [1.807, 2.05) is 35.7 Å². The van der Waals surface area contributed by atoms with Gasteiger partial charge in [-0.15, -0.1) is 0 Å². The van der Waals surface area contributed by atoms with E-state index >= 15 is 0 Å². The van der Waals surface area contributed by atoms with Gasteiger partial charge in [-0.25, -0.2) is 4.98 Å². The maximum absolute atomic E-state index is 11.8. The summed E-state index contributed by atoms with van der Waals surface area (Å²) in [4.78, 5) is 28.0. The minimum absolute atomic E-state index is 0.00247. The first kappa shape index (κ1) is 17.3. The fourth-order valence-corrected chi connectivity index (χ4v) is 3.84. The van der Waals surface area contributed by atoms with Crippen LogP contribution in [-0.2, 0) is 4.79 Å². The number of amides is 2. The van der Waals surface area contributed by atoms with E-state index in [9.17, 15) is 9.59 Å². The van der Waals surface area contributed by atoms with Crippen LogP contribution in [0.1, 0.15) is 35.8 Å². The number of nitrogens with zero attached hydrogens (tertiary/aromatic N) is 2. The first-order valence-corrected chi connectivity index (χ1v) is 9.11. The number of pyridine rings is 1. The van der Waals surface area contributed by atoms with Crippen molar-refractivity contribution in [2.75, 3.05) is 6.61 Å². The van der Waals surface area contributed by atoms with Crippen LogP contribution in [0.25, 0.3) is 16.6 Å². The molecule has 3 aromatic rings. The summed E-state index contributed by atoms with van der Waals surface area (Å²) in [5.41, 5.74) is 8.05. The molecule has 4 rings (SSSR count). The molecule has 140 valence electrons. The average molecular weight is 366 g/mol. The molecule has 2 atom stereocenters. The Labute approximate surface area is 156 Å². The number of nitrogens with two attached hydrogens (primary N) is 1. The second-order valence-electron chi connectivity index (χ2n) is 7.05. The number of primary amides is 1. The molecular weight excluding hydrogens is 344 g/mol. The topological polar surface area (TPSA) is 98.7 Å². The lowest BCUT2D eigenvalue weighted by molar-refractivity contribution is -0.119. The Morgan fingerprint density at radius 1 is 1.44 bits per heavy atom. The van der Waals surface area contributed by atoms with Crippen molar-refractivity contribution in [1.82, 2.24) is 14.7 Å². The molecule has 1 fully saturated rings. The van der Waals surface area contributed by atoms with Crippen LogP contribution < -0.4 is 15.8 Å². The van der Waals surface area contributed by atoms with Gasteiger partial charge < -0.3 is 15.8 Å². The predicted molar refractivity (Wildman–Crippen MR) is 102 cm³/mol. The van der Waals surface area contributed by atoms with E-state index in [1.54, 1.807) is 6.07 Å². The molecule has 2 amide bonds. The summed E-state index contributed by atoms with van der Waals surface area (Å²) in [5.74, 6) is 0.525. The van der Waals surface area contributed by atoms with Gasteiger partial charge in [0.15, 0.2) is 5.65 Å². The summed E-state index contributed by atoms with van der Waals surface area (Å²) in [5, 5.41) is 3.84. The highest BCUT2D eigenvalue weighted by atomic mass is 16.5. The summed E-state index contributed by atoms with van der Waals surface area (Å²) < 4.78 is 7.97. The maximum Gasteiger partial charge on any atom is 0.252 e. The van der Waals surface area contributed by atoms with E-state index in [-0.39, 0.29) is 17.9 Å². The van der Waals surface area contributed by atoms with Crippen LogP contribution >= 0.6 is 0 Å². The lowest BCUT2D eigenvalue weighted by atomic mass is 9.98. The Hall–Kier alpha value is -3.09.